The van der Waals surface area contributed by atoms with E-state index < -0.39 is 0 Å². The van der Waals surface area contributed by atoms with Crippen molar-refractivity contribution in [1.29, 1.82) is 0 Å². The topological polar surface area (TPSA) is 59.8 Å². The van der Waals surface area contributed by atoms with Crippen LogP contribution in [0.1, 0.15) is 16.8 Å². The molecule has 0 saturated heterocycles. The smallest absolute Gasteiger partial charge is 0.275 e. The van der Waals surface area contributed by atoms with E-state index in [1.54, 1.807) is 18.5 Å². The first kappa shape index (κ1) is 13.4. The van der Waals surface area contributed by atoms with Crippen molar-refractivity contribution in [3.8, 4) is 5.69 Å². The number of rotatable bonds is 1. The lowest BCUT2D eigenvalue weighted by Gasteiger charge is -2.12. The number of nitrogens with zero attached hydrogens (tertiary/aromatic N) is 2. The lowest BCUT2D eigenvalue weighted by molar-refractivity contribution is 0.751. The van der Waals surface area contributed by atoms with Crippen LogP contribution in [0.15, 0.2) is 33.9 Å². The van der Waals surface area contributed by atoms with Crippen LogP contribution in [-0.2, 0) is 7.05 Å². The predicted molar refractivity (Wildman–Crippen MR) is 83.3 cm³/mol. The Labute approximate surface area is 121 Å². The van der Waals surface area contributed by atoms with E-state index in [0.29, 0.717) is 16.6 Å². The highest BCUT2D eigenvalue weighted by Crippen LogP contribution is 2.17. The van der Waals surface area contributed by atoms with Gasteiger partial charge in [-0.1, -0.05) is 6.07 Å². The maximum absolute atomic E-state index is 12.4. The molecule has 108 valence electrons. The lowest BCUT2D eigenvalue weighted by Crippen LogP contribution is -2.21. The summed E-state index contributed by atoms with van der Waals surface area (Å²) < 4.78 is 2.99. The fourth-order valence-electron chi connectivity index (χ4n) is 2.89. The van der Waals surface area contributed by atoms with Crippen molar-refractivity contribution in [1.82, 2.24) is 14.3 Å². The molecular weight excluding hydrogens is 266 g/mol. The second-order valence-corrected chi connectivity index (χ2v) is 5.51. The van der Waals surface area contributed by atoms with Gasteiger partial charge in [0, 0.05) is 24.5 Å². The number of fused-ring (bicyclic) bond motifs is 1. The zero-order chi connectivity index (χ0) is 15.3. The van der Waals surface area contributed by atoms with Gasteiger partial charge in [0.1, 0.15) is 0 Å². The molecule has 3 aromatic rings. The van der Waals surface area contributed by atoms with Gasteiger partial charge in [-0.2, -0.15) is 0 Å². The summed E-state index contributed by atoms with van der Waals surface area (Å²) in [5.41, 5.74) is 3.92. The Morgan fingerprint density at radius 1 is 0.952 bits per heavy atom. The molecule has 0 bridgehead atoms. The number of benzene rings is 1. The maximum Gasteiger partial charge on any atom is 0.275 e. The Hall–Kier alpha value is -2.56. The molecule has 0 saturated carbocycles. The Kier molecular flexibility index (Phi) is 2.86. The number of H-pyrrole nitrogens is 1. The van der Waals surface area contributed by atoms with Crippen molar-refractivity contribution in [2.24, 2.45) is 7.05 Å². The molecule has 1 N–H and O–H groups in total. The van der Waals surface area contributed by atoms with Gasteiger partial charge in [-0.05, 0) is 44.0 Å². The summed E-state index contributed by atoms with van der Waals surface area (Å²) in [6, 6.07) is 7.42. The van der Waals surface area contributed by atoms with Crippen LogP contribution in [0.25, 0.3) is 16.6 Å². The van der Waals surface area contributed by atoms with E-state index >= 15 is 0 Å². The van der Waals surface area contributed by atoms with Crippen molar-refractivity contribution in [3.05, 3.63) is 61.8 Å². The van der Waals surface area contributed by atoms with Crippen LogP contribution in [0.3, 0.4) is 0 Å². The van der Waals surface area contributed by atoms with Crippen molar-refractivity contribution in [2.75, 3.05) is 0 Å². The van der Waals surface area contributed by atoms with Crippen LogP contribution in [-0.4, -0.2) is 14.3 Å². The molecule has 21 heavy (non-hydrogen) atoms. The zero-order valence-corrected chi connectivity index (χ0v) is 12.5. The van der Waals surface area contributed by atoms with Gasteiger partial charge >= 0.3 is 0 Å². The monoisotopic (exact) mass is 283 g/mol. The van der Waals surface area contributed by atoms with E-state index in [-0.39, 0.29) is 11.1 Å². The number of aromatic amines is 1. The first-order chi connectivity index (χ1) is 9.88. The minimum atomic E-state index is -0.146. The van der Waals surface area contributed by atoms with Crippen molar-refractivity contribution in [2.45, 2.75) is 20.8 Å². The van der Waals surface area contributed by atoms with Crippen LogP contribution in [0, 0.1) is 20.8 Å². The third-order valence-corrected chi connectivity index (χ3v) is 3.73. The summed E-state index contributed by atoms with van der Waals surface area (Å²) in [6.45, 7) is 5.78. The van der Waals surface area contributed by atoms with Gasteiger partial charge in [0.25, 0.3) is 11.1 Å². The van der Waals surface area contributed by atoms with Crippen molar-refractivity contribution >= 4 is 10.9 Å². The van der Waals surface area contributed by atoms with Gasteiger partial charge in [0.2, 0.25) is 0 Å². The summed E-state index contributed by atoms with van der Waals surface area (Å²) in [5.74, 6) is 0. The fraction of sp³-hybridized carbons (Fsp3) is 0.250. The average molecular weight is 283 g/mol. The predicted octanol–water partition coefficient (Wildman–Crippen LogP) is 1.94. The Morgan fingerprint density at radius 3 is 2.19 bits per heavy atom. The maximum atomic E-state index is 12.4. The number of nitrogens with one attached hydrogen (secondary N) is 1. The molecule has 2 aromatic heterocycles. The van der Waals surface area contributed by atoms with Crippen LogP contribution < -0.4 is 11.1 Å². The molecule has 5 heteroatoms. The SMILES string of the molecule is Cc1cc(C)cc(-n2c(C)c3c(=O)n(C)[nH]c3cc2=O)c1. The third-order valence-electron chi connectivity index (χ3n) is 3.73. The molecule has 0 radical (unpaired) electrons. The highest BCUT2D eigenvalue weighted by molar-refractivity contribution is 5.80. The number of aryl methyl sites for hydroxylation is 4. The highest BCUT2D eigenvalue weighted by atomic mass is 16.1. The minimum Gasteiger partial charge on any atom is -0.295 e. The fourth-order valence-corrected chi connectivity index (χ4v) is 2.89. The van der Waals surface area contributed by atoms with E-state index in [9.17, 15) is 9.59 Å². The second-order valence-electron chi connectivity index (χ2n) is 5.51. The molecule has 0 spiro atoms. The Balaban J connectivity index is 2.45. The molecule has 3 rings (SSSR count). The largest absolute Gasteiger partial charge is 0.295 e. The van der Waals surface area contributed by atoms with Crippen molar-refractivity contribution < 1.29 is 0 Å². The second kappa shape index (κ2) is 4.48. The molecule has 5 nitrogen and oxygen atoms in total. The molecule has 0 unspecified atom stereocenters. The molecule has 2 heterocycles. The molecule has 0 aliphatic heterocycles. The van der Waals surface area contributed by atoms with Crippen molar-refractivity contribution in [3.63, 3.8) is 0 Å². The number of hydrogen-bond acceptors (Lipinski definition) is 2. The van der Waals surface area contributed by atoms with E-state index in [1.807, 2.05) is 26.0 Å². The molecule has 1 aromatic carbocycles. The van der Waals surface area contributed by atoms with Crippen LogP contribution >= 0.6 is 0 Å². The van der Waals surface area contributed by atoms with Gasteiger partial charge in [0.15, 0.2) is 0 Å². The quantitative estimate of drug-likeness (QED) is 0.742. The summed E-state index contributed by atoms with van der Waals surface area (Å²) in [6.07, 6.45) is 0. The molecule has 0 aliphatic carbocycles. The first-order valence-electron chi connectivity index (χ1n) is 6.78. The van der Waals surface area contributed by atoms with Crippen LogP contribution in [0.5, 0.6) is 0 Å². The molecule has 0 atom stereocenters. The summed E-state index contributed by atoms with van der Waals surface area (Å²) in [7, 11) is 1.65. The zero-order valence-electron chi connectivity index (χ0n) is 12.5. The van der Waals surface area contributed by atoms with E-state index in [4.69, 9.17) is 0 Å². The highest BCUT2D eigenvalue weighted by Gasteiger charge is 2.14. The molecule has 0 amide bonds. The van der Waals surface area contributed by atoms with Crippen LogP contribution in [0.4, 0.5) is 0 Å². The van der Waals surface area contributed by atoms with E-state index in [1.165, 1.54) is 10.7 Å². The molecule has 0 fully saturated rings. The number of hydrogen-bond donors (Lipinski definition) is 1. The van der Waals surface area contributed by atoms with E-state index in [2.05, 4.69) is 11.2 Å². The minimum absolute atomic E-state index is 0.124. The van der Waals surface area contributed by atoms with Gasteiger partial charge in [-0.25, -0.2) is 0 Å². The Bertz CT molecular complexity index is 953. The number of pyridine rings is 1. The standard InChI is InChI=1S/C16H17N3O2/c1-9-5-10(2)7-12(6-9)19-11(3)15-13(8-14(19)20)17-18(4)16(15)21/h5-8,17H,1-4H3. The summed E-state index contributed by atoms with van der Waals surface area (Å²) in [4.78, 5) is 24.6. The van der Waals surface area contributed by atoms with Gasteiger partial charge < -0.3 is 0 Å². The van der Waals surface area contributed by atoms with Crippen LogP contribution in [0.2, 0.25) is 0 Å². The summed E-state index contributed by atoms with van der Waals surface area (Å²) >= 11 is 0. The lowest BCUT2D eigenvalue weighted by atomic mass is 10.1. The summed E-state index contributed by atoms with van der Waals surface area (Å²) in [5, 5.41) is 3.45. The average Bonchev–Trinajstić information content (AvgIpc) is 2.63. The van der Waals surface area contributed by atoms with Gasteiger partial charge in [0.05, 0.1) is 10.9 Å². The molecular formula is C16H17N3O2. The third kappa shape index (κ3) is 2.01. The van der Waals surface area contributed by atoms with Gasteiger partial charge in [-0.3, -0.25) is 23.9 Å². The normalized spacial score (nSPS) is 11.2. The Morgan fingerprint density at radius 2 is 1.57 bits per heavy atom. The molecule has 0 aliphatic rings. The van der Waals surface area contributed by atoms with E-state index in [0.717, 1.165) is 16.8 Å². The van der Waals surface area contributed by atoms with Gasteiger partial charge in [-0.15, -0.1) is 0 Å². The number of aromatic nitrogens is 3. The first-order valence-corrected chi connectivity index (χ1v) is 6.78.